The Morgan fingerprint density at radius 1 is 1.42 bits per heavy atom. The van der Waals surface area contributed by atoms with Crippen LogP contribution in [0.5, 0.6) is 0 Å². The molecule has 3 heterocycles. The minimum absolute atomic E-state index is 0.0327. The van der Waals surface area contributed by atoms with Gasteiger partial charge in [-0.2, -0.15) is 0 Å². The Kier molecular flexibility index (Phi) is 5.42. The Labute approximate surface area is 177 Å². The molecule has 1 saturated heterocycles. The zero-order valence-corrected chi connectivity index (χ0v) is 16.7. The number of aromatic nitrogens is 2. The first-order valence-corrected chi connectivity index (χ1v) is 9.75. The van der Waals surface area contributed by atoms with E-state index < -0.39 is 22.8 Å². The van der Waals surface area contributed by atoms with Crippen LogP contribution < -0.4 is 11.1 Å². The second kappa shape index (κ2) is 8.19. The molecule has 4 rings (SSSR count). The van der Waals surface area contributed by atoms with Gasteiger partial charge in [0.15, 0.2) is 5.69 Å². The van der Waals surface area contributed by atoms with E-state index in [9.17, 15) is 19.7 Å². The predicted octanol–water partition coefficient (Wildman–Crippen LogP) is 1.90. The van der Waals surface area contributed by atoms with Crippen molar-refractivity contribution in [1.29, 1.82) is 0 Å². The van der Waals surface area contributed by atoms with Gasteiger partial charge in [0.25, 0.3) is 11.6 Å². The van der Waals surface area contributed by atoms with E-state index in [1.54, 1.807) is 25.1 Å². The molecule has 2 atom stereocenters. The van der Waals surface area contributed by atoms with Gasteiger partial charge < -0.3 is 25.1 Å². The molecule has 0 spiro atoms. The summed E-state index contributed by atoms with van der Waals surface area (Å²) >= 11 is 0. The Morgan fingerprint density at radius 2 is 2.19 bits per heavy atom. The summed E-state index contributed by atoms with van der Waals surface area (Å²) in [6, 6.07) is 5.16. The standard InChI is InChI=1S/C20H21N5O6/c1-11-15(20(27)31-9-12-5-4-8-30-12)17(13-6-2-3-7-14(13)25(28)29)24-10-22-16(18(21)26)19(24)23-11/h2-3,6-7,10,12,17,23H,4-5,8-9H2,1H3,(H2,21,26)/t12-,17-/m0/s1. The smallest absolute Gasteiger partial charge is 0.338 e. The molecule has 0 bridgehead atoms. The maximum absolute atomic E-state index is 13.1. The van der Waals surface area contributed by atoms with Crippen LogP contribution in [0.25, 0.3) is 0 Å². The summed E-state index contributed by atoms with van der Waals surface area (Å²) in [5.74, 6) is -1.15. The number of anilines is 1. The maximum Gasteiger partial charge on any atom is 0.338 e. The number of nitrogens with two attached hydrogens (primary N) is 1. The summed E-state index contributed by atoms with van der Waals surface area (Å²) in [5, 5.41) is 14.7. The summed E-state index contributed by atoms with van der Waals surface area (Å²) in [4.78, 5) is 40.1. The number of para-hydroxylation sites is 1. The van der Waals surface area contributed by atoms with E-state index >= 15 is 0 Å². The number of benzene rings is 1. The molecule has 31 heavy (non-hydrogen) atoms. The molecule has 11 heteroatoms. The number of primary amides is 1. The fraction of sp³-hybridized carbons (Fsp3) is 0.350. The number of carbonyl (C=O) groups is 2. The zero-order valence-electron chi connectivity index (χ0n) is 16.7. The van der Waals surface area contributed by atoms with Crippen LogP contribution in [0, 0.1) is 10.1 Å². The van der Waals surface area contributed by atoms with Gasteiger partial charge in [0.1, 0.15) is 18.5 Å². The van der Waals surface area contributed by atoms with Crippen LogP contribution in [-0.4, -0.2) is 45.7 Å². The molecule has 1 aromatic carbocycles. The van der Waals surface area contributed by atoms with Crippen LogP contribution in [0.15, 0.2) is 41.9 Å². The summed E-state index contributed by atoms with van der Waals surface area (Å²) in [6.07, 6.45) is 2.85. The molecule has 2 aliphatic heterocycles. The van der Waals surface area contributed by atoms with Gasteiger partial charge in [-0.25, -0.2) is 9.78 Å². The van der Waals surface area contributed by atoms with Crippen LogP contribution >= 0.6 is 0 Å². The molecule has 11 nitrogen and oxygen atoms in total. The normalized spacial score (nSPS) is 20.2. The van der Waals surface area contributed by atoms with Gasteiger partial charge in [-0.1, -0.05) is 12.1 Å². The zero-order chi connectivity index (χ0) is 22.1. The van der Waals surface area contributed by atoms with E-state index in [0.29, 0.717) is 12.3 Å². The minimum Gasteiger partial charge on any atom is -0.459 e. The van der Waals surface area contributed by atoms with E-state index in [2.05, 4.69) is 10.3 Å². The van der Waals surface area contributed by atoms with Crippen molar-refractivity contribution >= 4 is 23.4 Å². The molecule has 2 aromatic rings. The third-order valence-corrected chi connectivity index (χ3v) is 5.36. The van der Waals surface area contributed by atoms with Crippen molar-refractivity contribution in [1.82, 2.24) is 9.55 Å². The van der Waals surface area contributed by atoms with Gasteiger partial charge in [-0.05, 0) is 25.8 Å². The lowest BCUT2D eigenvalue weighted by Gasteiger charge is -2.30. The Balaban J connectivity index is 1.79. The molecule has 3 N–H and O–H groups in total. The van der Waals surface area contributed by atoms with Crippen LogP contribution in [0.4, 0.5) is 11.5 Å². The highest BCUT2D eigenvalue weighted by Gasteiger charge is 2.38. The summed E-state index contributed by atoms with van der Waals surface area (Å²) < 4.78 is 12.5. The van der Waals surface area contributed by atoms with Gasteiger partial charge in [0, 0.05) is 18.4 Å². The van der Waals surface area contributed by atoms with E-state index in [1.807, 2.05) is 0 Å². The van der Waals surface area contributed by atoms with Crippen LogP contribution in [0.2, 0.25) is 0 Å². The third kappa shape index (κ3) is 3.75. The lowest BCUT2D eigenvalue weighted by molar-refractivity contribution is -0.385. The fourth-order valence-electron chi connectivity index (χ4n) is 3.93. The fourth-order valence-corrected chi connectivity index (χ4v) is 3.93. The molecule has 1 aromatic heterocycles. The largest absolute Gasteiger partial charge is 0.459 e. The summed E-state index contributed by atoms with van der Waals surface area (Å²) in [6.45, 7) is 2.34. The van der Waals surface area contributed by atoms with Gasteiger partial charge in [-0.15, -0.1) is 0 Å². The van der Waals surface area contributed by atoms with Gasteiger partial charge in [0.05, 0.1) is 28.5 Å². The molecular weight excluding hydrogens is 406 g/mol. The van der Waals surface area contributed by atoms with Crippen molar-refractivity contribution in [2.45, 2.75) is 31.9 Å². The van der Waals surface area contributed by atoms with Crippen molar-refractivity contribution in [2.75, 3.05) is 18.5 Å². The summed E-state index contributed by atoms with van der Waals surface area (Å²) in [7, 11) is 0. The summed E-state index contributed by atoms with van der Waals surface area (Å²) in [5.41, 5.74) is 6.03. The van der Waals surface area contributed by atoms with Gasteiger partial charge in [-0.3, -0.25) is 14.9 Å². The number of nitro groups is 1. The maximum atomic E-state index is 13.1. The minimum atomic E-state index is -0.935. The number of nitro benzene ring substituents is 1. The van der Waals surface area contributed by atoms with E-state index in [-0.39, 0.29) is 41.0 Å². The van der Waals surface area contributed by atoms with E-state index in [1.165, 1.54) is 17.0 Å². The van der Waals surface area contributed by atoms with Crippen molar-refractivity contribution in [3.63, 3.8) is 0 Å². The molecule has 0 saturated carbocycles. The molecule has 1 amide bonds. The lowest BCUT2D eigenvalue weighted by atomic mass is 9.93. The van der Waals surface area contributed by atoms with Crippen LogP contribution in [0.3, 0.4) is 0 Å². The number of amides is 1. The van der Waals surface area contributed by atoms with Gasteiger partial charge >= 0.3 is 5.97 Å². The Hall–Kier alpha value is -3.73. The number of rotatable bonds is 6. The number of hydrogen-bond donors (Lipinski definition) is 2. The topological polar surface area (TPSA) is 152 Å². The van der Waals surface area contributed by atoms with Crippen LogP contribution in [0.1, 0.15) is 41.9 Å². The Morgan fingerprint density at radius 3 is 2.87 bits per heavy atom. The second-order valence-corrected chi connectivity index (χ2v) is 7.33. The van der Waals surface area contributed by atoms with Crippen LogP contribution in [-0.2, 0) is 14.3 Å². The molecule has 0 aliphatic carbocycles. The molecule has 0 radical (unpaired) electrons. The number of hydrogen-bond acceptors (Lipinski definition) is 8. The predicted molar refractivity (Wildman–Crippen MR) is 108 cm³/mol. The number of nitrogens with zero attached hydrogens (tertiary/aromatic N) is 3. The first-order valence-electron chi connectivity index (χ1n) is 9.75. The lowest BCUT2D eigenvalue weighted by Crippen LogP contribution is -2.31. The number of fused-ring (bicyclic) bond motifs is 1. The number of carbonyl (C=O) groups excluding carboxylic acids is 2. The van der Waals surface area contributed by atoms with E-state index in [4.69, 9.17) is 15.2 Å². The number of ether oxygens (including phenoxy) is 2. The molecule has 162 valence electrons. The highest BCUT2D eigenvalue weighted by molar-refractivity contribution is 5.98. The quantitative estimate of drug-likeness (QED) is 0.403. The first-order chi connectivity index (χ1) is 14.9. The molecule has 2 aliphatic rings. The van der Waals surface area contributed by atoms with Crippen molar-refractivity contribution < 1.29 is 24.0 Å². The number of imidazole rings is 1. The molecular formula is C20H21N5O6. The SMILES string of the molecule is CC1=C(C(=O)OC[C@@H]2CCCO2)[C@H](c2ccccc2[N+](=O)[O-])n2cnc(C(N)=O)c2N1. The number of esters is 1. The second-order valence-electron chi connectivity index (χ2n) is 7.33. The monoisotopic (exact) mass is 427 g/mol. The molecule has 0 unspecified atom stereocenters. The van der Waals surface area contributed by atoms with Crippen molar-refractivity contribution in [3.8, 4) is 0 Å². The average Bonchev–Trinajstić information content (AvgIpc) is 3.40. The number of allylic oxidation sites excluding steroid dienone is 1. The highest BCUT2D eigenvalue weighted by Crippen LogP contribution is 2.41. The third-order valence-electron chi connectivity index (χ3n) is 5.36. The first kappa shape index (κ1) is 20.5. The van der Waals surface area contributed by atoms with E-state index in [0.717, 1.165) is 12.8 Å². The number of nitrogens with one attached hydrogen (secondary N) is 1. The highest BCUT2D eigenvalue weighted by atomic mass is 16.6. The van der Waals surface area contributed by atoms with Crippen molar-refractivity contribution in [3.05, 3.63) is 63.2 Å². The Bertz CT molecular complexity index is 1090. The average molecular weight is 427 g/mol. The van der Waals surface area contributed by atoms with Crippen molar-refractivity contribution in [2.24, 2.45) is 5.73 Å². The molecule has 1 fully saturated rings. The van der Waals surface area contributed by atoms with Gasteiger partial charge in [0.2, 0.25) is 0 Å².